The normalized spacial score (nSPS) is 17.5. The number of hydrogen-bond acceptors (Lipinski definition) is 4. The Hall–Kier alpha value is -1.80. The van der Waals surface area contributed by atoms with Gasteiger partial charge in [-0.05, 0) is 30.7 Å². The molecule has 1 aliphatic heterocycles. The first kappa shape index (κ1) is 17.0. The third-order valence-corrected chi connectivity index (χ3v) is 4.94. The fraction of sp³-hybridized carbons (Fsp3) is 0.294. The third-order valence-electron chi connectivity index (χ3n) is 4.03. The van der Waals surface area contributed by atoms with Gasteiger partial charge in [0, 0.05) is 36.8 Å². The standard InChI is InChI=1S/C17H19FN2O3S/c1-12-2-3-13(16(18)8-12)10-20-6-7-23-17-9-15(24(19,21)22)5-4-14(17)11-20/h2-5,8-9H,6-7,10-11H2,1H3,(H2-,19,21,22). The van der Waals surface area contributed by atoms with E-state index in [0.717, 1.165) is 11.1 Å². The summed E-state index contributed by atoms with van der Waals surface area (Å²) in [5, 5.41) is 5.15. The Kier molecular flexibility index (Phi) is 4.69. The number of halogens is 1. The highest BCUT2D eigenvalue weighted by molar-refractivity contribution is 7.95. The molecule has 2 N–H and O–H groups in total. The van der Waals surface area contributed by atoms with Crippen molar-refractivity contribution in [3.05, 3.63) is 58.9 Å². The van der Waals surface area contributed by atoms with Gasteiger partial charge in [0.2, 0.25) is 0 Å². The largest absolute Gasteiger partial charge is 0.593 e. The highest BCUT2D eigenvalue weighted by Gasteiger charge is 2.21. The van der Waals surface area contributed by atoms with Gasteiger partial charge in [0.25, 0.3) is 0 Å². The van der Waals surface area contributed by atoms with Gasteiger partial charge in [0.15, 0.2) is 15.3 Å². The Bertz CT molecular complexity index is 806. The number of nitrogens with two attached hydrogens (primary N) is 1. The van der Waals surface area contributed by atoms with Crippen LogP contribution < -0.4 is 9.88 Å². The van der Waals surface area contributed by atoms with Gasteiger partial charge in [-0.25, -0.2) is 4.39 Å². The zero-order valence-electron chi connectivity index (χ0n) is 13.3. The van der Waals surface area contributed by atoms with Crippen LogP contribution in [0.1, 0.15) is 16.7 Å². The lowest BCUT2D eigenvalue weighted by Gasteiger charge is -2.20. The molecule has 2 aromatic rings. The van der Waals surface area contributed by atoms with Crippen molar-refractivity contribution in [2.24, 2.45) is 5.14 Å². The average molecular weight is 350 g/mol. The number of aryl methyl sites for hydroxylation is 1. The third kappa shape index (κ3) is 3.81. The molecule has 1 heterocycles. The first-order chi connectivity index (χ1) is 11.3. The fourth-order valence-corrected chi connectivity index (χ4v) is 3.27. The molecule has 0 amide bonds. The van der Waals surface area contributed by atoms with E-state index in [0.29, 0.717) is 37.6 Å². The van der Waals surface area contributed by atoms with Crippen molar-refractivity contribution < 1.29 is 17.9 Å². The summed E-state index contributed by atoms with van der Waals surface area (Å²) in [5.41, 5.74) is 2.37. The molecule has 2 aromatic carbocycles. The van der Waals surface area contributed by atoms with E-state index in [1.165, 1.54) is 18.2 Å². The molecule has 0 aliphatic carbocycles. The van der Waals surface area contributed by atoms with Crippen LogP contribution in [0.4, 0.5) is 4.39 Å². The van der Waals surface area contributed by atoms with E-state index in [2.05, 4.69) is 4.90 Å². The molecule has 0 fully saturated rings. The summed E-state index contributed by atoms with van der Waals surface area (Å²) in [7, 11) is -3.76. The van der Waals surface area contributed by atoms with Crippen molar-refractivity contribution in [2.75, 3.05) is 13.2 Å². The van der Waals surface area contributed by atoms with Gasteiger partial charge in [-0.3, -0.25) is 4.90 Å². The Morgan fingerprint density at radius 2 is 2.12 bits per heavy atom. The van der Waals surface area contributed by atoms with Gasteiger partial charge in [-0.15, -0.1) is 5.14 Å². The van der Waals surface area contributed by atoms with Crippen LogP contribution in [0.5, 0.6) is 5.75 Å². The number of nitrogens with zero attached hydrogens (tertiary/aromatic N) is 1. The molecule has 5 nitrogen and oxygen atoms in total. The number of rotatable bonds is 3. The second-order valence-corrected chi connectivity index (χ2v) is 7.53. The minimum absolute atomic E-state index is 0.0271. The topological polar surface area (TPSA) is 78.6 Å². The average Bonchev–Trinajstić information content (AvgIpc) is 2.70. The summed E-state index contributed by atoms with van der Waals surface area (Å²) in [6, 6.07) is 9.81. The van der Waals surface area contributed by atoms with Crippen LogP contribution in [-0.4, -0.2) is 22.6 Å². The van der Waals surface area contributed by atoms with Crippen LogP contribution in [0.15, 0.2) is 41.3 Å². The molecule has 0 saturated carbocycles. The molecular formula is C17H19FN2O3S. The number of sulfonamides is 1. The van der Waals surface area contributed by atoms with E-state index >= 15 is 0 Å². The van der Waals surface area contributed by atoms with Crippen LogP contribution in [-0.2, 0) is 27.7 Å². The summed E-state index contributed by atoms with van der Waals surface area (Å²) in [6.45, 7) is 3.88. The zero-order valence-corrected chi connectivity index (χ0v) is 14.1. The fourth-order valence-electron chi connectivity index (χ4n) is 2.74. The number of ether oxygens (including phenoxy) is 1. The second-order valence-electron chi connectivity index (χ2n) is 5.97. The molecule has 0 radical (unpaired) electrons. The molecule has 7 heteroatoms. The minimum atomic E-state index is -3.76. The van der Waals surface area contributed by atoms with E-state index in [1.54, 1.807) is 12.1 Å². The van der Waals surface area contributed by atoms with Crippen molar-refractivity contribution in [3.8, 4) is 5.75 Å². The molecule has 24 heavy (non-hydrogen) atoms. The van der Waals surface area contributed by atoms with Gasteiger partial charge in [0.1, 0.15) is 18.2 Å². The maximum absolute atomic E-state index is 14.0. The first-order valence-corrected chi connectivity index (χ1v) is 9.13. The van der Waals surface area contributed by atoms with Crippen LogP contribution >= 0.6 is 0 Å². The van der Waals surface area contributed by atoms with Crippen molar-refractivity contribution in [1.82, 2.24) is 4.90 Å². The van der Waals surface area contributed by atoms with Gasteiger partial charge in [-0.2, -0.15) is 0 Å². The van der Waals surface area contributed by atoms with Crippen LogP contribution in [0.2, 0.25) is 0 Å². The number of hydrogen-bond donors (Lipinski definition) is 1. The molecule has 0 spiro atoms. The highest BCUT2D eigenvalue weighted by Crippen LogP contribution is 2.28. The van der Waals surface area contributed by atoms with E-state index in [4.69, 9.17) is 9.88 Å². The maximum atomic E-state index is 14.0. The van der Waals surface area contributed by atoms with Crippen molar-refractivity contribution in [1.29, 1.82) is 0 Å². The monoisotopic (exact) mass is 350 g/mol. The van der Waals surface area contributed by atoms with Crippen LogP contribution in [0, 0.1) is 12.7 Å². The molecule has 1 atom stereocenters. The van der Waals surface area contributed by atoms with E-state index < -0.39 is 10.4 Å². The molecule has 3 rings (SSSR count). The summed E-state index contributed by atoms with van der Waals surface area (Å²) < 4.78 is 42.6. The Morgan fingerprint density at radius 3 is 2.83 bits per heavy atom. The van der Waals surface area contributed by atoms with Crippen molar-refractivity contribution in [3.63, 3.8) is 0 Å². The van der Waals surface area contributed by atoms with Gasteiger partial charge >= 0.3 is 0 Å². The smallest absolute Gasteiger partial charge is 0.178 e. The maximum Gasteiger partial charge on any atom is 0.178 e. The molecular weight excluding hydrogens is 331 g/mol. The summed E-state index contributed by atoms with van der Waals surface area (Å²) in [4.78, 5) is 2.09. The molecule has 0 saturated heterocycles. The predicted molar refractivity (Wildman–Crippen MR) is 88.5 cm³/mol. The van der Waals surface area contributed by atoms with Gasteiger partial charge in [-0.1, -0.05) is 16.3 Å². The highest BCUT2D eigenvalue weighted by atomic mass is 32.3. The second kappa shape index (κ2) is 6.60. The Labute approximate surface area is 141 Å². The molecule has 128 valence electrons. The molecule has 1 unspecified atom stereocenters. The predicted octanol–water partition coefficient (Wildman–Crippen LogP) is 2.39. The Morgan fingerprint density at radius 1 is 1.33 bits per heavy atom. The van der Waals surface area contributed by atoms with Crippen molar-refractivity contribution >= 4 is 10.4 Å². The quantitative estimate of drug-likeness (QED) is 0.862. The molecule has 0 aromatic heterocycles. The van der Waals surface area contributed by atoms with Crippen LogP contribution in [0.25, 0.3) is 0 Å². The SMILES string of the molecule is Cc1ccc(CN2CCOc3cc([S+](N)(=O)[O-])ccc3C2)c(F)c1. The summed E-state index contributed by atoms with van der Waals surface area (Å²) >= 11 is 0. The van der Waals surface area contributed by atoms with Gasteiger partial charge < -0.3 is 9.29 Å². The Balaban J connectivity index is 1.81. The summed E-state index contributed by atoms with van der Waals surface area (Å²) in [6.07, 6.45) is 0. The first-order valence-electron chi connectivity index (χ1n) is 7.59. The lowest BCUT2D eigenvalue weighted by atomic mass is 10.1. The molecule has 0 bridgehead atoms. The number of fused-ring (bicyclic) bond motifs is 1. The van der Waals surface area contributed by atoms with E-state index in [-0.39, 0.29) is 10.7 Å². The van der Waals surface area contributed by atoms with Crippen molar-refractivity contribution in [2.45, 2.75) is 24.9 Å². The van der Waals surface area contributed by atoms with Crippen LogP contribution in [0.3, 0.4) is 0 Å². The number of benzene rings is 2. The zero-order chi connectivity index (χ0) is 17.3. The lowest BCUT2D eigenvalue weighted by molar-refractivity contribution is 0.217. The summed E-state index contributed by atoms with van der Waals surface area (Å²) in [5.74, 6) is 0.290. The number of primary sulfonamides is 1. The minimum Gasteiger partial charge on any atom is -0.593 e. The van der Waals surface area contributed by atoms with E-state index in [1.807, 2.05) is 13.0 Å². The van der Waals surface area contributed by atoms with Gasteiger partial charge in [0.05, 0.1) is 0 Å². The molecule has 1 aliphatic rings. The van der Waals surface area contributed by atoms with E-state index in [9.17, 15) is 13.2 Å². The lowest BCUT2D eigenvalue weighted by Crippen LogP contribution is -2.25.